The number of hydrogen-bond acceptors (Lipinski definition) is 4. The van der Waals surface area contributed by atoms with E-state index in [9.17, 15) is 13.0 Å². The van der Waals surface area contributed by atoms with E-state index in [4.69, 9.17) is 4.99 Å². The zero-order valence-corrected chi connectivity index (χ0v) is 16.5. The molecule has 3 aromatic rings. The van der Waals surface area contributed by atoms with Gasteiger partial charge in [0.15, 0.2) is 11.6 Å². The number of rotatable bonds is 3. The van der Waals surface area contributed by atoms with Gasteiger partial charge >= 0.3 is 0 Å². The van der Waals surface area contributed by atoms with Crippen LogP contribution >= 0.6 is 11.3 Å². The van der Waals surface area contributed by atoms with Crippen molar-refractivity contribution in [2.45, 2.75) is 37.5 Å². The summed E-state index contributed by atoms with van der Waals surface area (Å²) in [5, 5.41) is 5.07. The molecule has 27 heavy (non-hydrogen) atoms. The highest BCUT2D eigenvalue weighted by Crippen LogP contribution is 2.32. The number of halogens is 2. The molecule has 2 atom stereocenters. The standard InChI is InChI=1S/C20H18F2N2OS2/c1-20(2)9-15(7-12-5-6-26-11-12)24-19(27(20)25)14-8-13-3-4-16(21)17(22)18(13)23-10-14/h3-6,8,10-11,15H,7,9H2,1-2H3. The van der Waals surface area contributed by atoms with Crippen LogP contribution in [0.1, 0.15) is 31.4 Å². The lowest BCUT2D eigenvalue weighted by Gasteiger charge is -2.33. The van der Waals surface area contributed by atoms with E-state index in [-0.39, 0.29) is 11.6 Å². The fourth-order valence-corrected chi connectivity index (χ4v) is 5.52. The summed E-state index contributed by atoms with van der Waals surface area (Å²) in [6.45, 7) is 3.95. The first-order valence-corrected chi connectivity index (χ1v) is 10.7. The fourth-order valence-electron chi connectivity index (χ4n) is 3.40. The second-order valence-corrected chi connectivity index (χ2v) is 10.1. The predicted molar refractivity (Wildman–Crippen MR) is 107 cm³/mol. The predicted octanol–water partition coefficient (Wildman–Crippen LogP) is 4.86. The van der Waals surface area contributed by atoms with Crippen LogP contribution in [0.3, 0.4) is 0 Å². The number of hydrogen-bond donors (Lipinski definition) is 0. The zero-order valence-electron chi connectivity index (χ0n) is 14.9. The maximum absolute atomic E-state index is 13.9. The van der Waals surface area contributed by atoms with Crippen molar-refractivity contribution in [3.8, 4) is 0 Å². The molecule has 2 unspecified atom stereocenters. The van der Waals surface area contributed by atoms with E-state index in [1.54, 1.807) is 17.4 Å². The van der Waals surface area contributed by atoms with Crippen LogP contribution in [-0.2, 0) is 17.2 Å². The molecule has 0 fully saturated rings. The molecule has 0 saturated heterocycles. The molecule has 4 rings (SSSR count). The summed E-state index contributed by atoms with van der Waals surface area (Å²) in [6.07, 6.45) is 2.94. The van der Waals surface area contributed by atoms with Crippen molar-refractivity contribution in [1.82, 2.24) is 4.98 Å². The summed E-state index contributed by atoms with van der Waals surface area (Å²) in [6, 6.07) is 6.33. The summed E-state index contributed by atoms with van der Waals surface area (Å²) in [5.41, 5.74) is 1.77. The van der Waals surface area contributed by atoms with E-state index >= 15 is 0 Å². The molecule has 0 amide bonds. The average molecular weight is 405 g/mol. The van der Waals surface area contributed by atoms with Gasteiger partial charge in [-0.05, 0) is 67.3 Å². The number of benzene rings is 1. The van der Waals surface area contributed by atoms with Gasteiger partial charge in [-0.2, -0.15) is 11.3 Å². The molecule has 3 nitrogen and oxygen atoms in total. The van der Waals surface area contributed by atoms with Crippen molar-refractivity contribution in [3.05, 3.63) is 64.0 Å². The molecular formula is C20H18F2N2OS2. The van der Waals surface area contributed by atoms with Crippen molar-refractivity contribution in [2.24, 2.45) is 4.99 Å². The van der Waals surface area contributed by atoms with E-state index in [2.05, 4.69) is 16.4 Å². The lowest BCUT2D eigenvalue weighted by atomic mass is 9.98. The largest absolute Gasteiger partial charge is 0.271 e. The molecular weight excluding hydrogens is 386 g/mol. The molecule has 3 heterocycles. The van der Waals surface area contributed by atoms with Gasteiger partial charge in [-0.1, -0.05) is 0 Å². The van der Waals surface area contributed by atoms with Gasteiger partial charge in [-0.25, -0.2) is 8.78 Å². The smallest absolute Gasteiger partial charge is 0.184 e. The first kappa shape index (κ1) is 18.4. The highest BCUT2D eigenvalue weighted by molar-refractivity contribution is 8.02. The van der Waals surface area contributed by atoms with Gasteiger partial charge in [-0.15, -0.1) is 0 Å². The molecule has 0 N–H and O–H groups in total. The van der Waals surface area contributed by atoms with Gasteiger partial charge in [-0.3, -0.25) is 14.2 Å². The molecule has 1 aromatic carbocycles. The van der Waals surface area contributed by atoms with Gasteiger partial charge < -0.3 is 0 Å². The van der Waals surface area contributed by atoms with Crippen LogP contribution in [-0.4, -0.2) is 25.0 Å². The molecule has 140 valence electrons. The summed E-state index contributed by atoms with van der Waals surface area (Å²) >= 11 is 1.65. The van der Waals surface area contributed by atoms with Crippen LogP contribution in [0.15, 0.2) is 46.2 Å². The topological polar surface area (TPSA) is 42.3 Å². The summed E-state index contributed by atoms with van der Waals surface area (Å²) < 4.78 is 40.0. The van der Waals surface area contributed by atoms with Crippen molar-refractivity contribution >= 4 is 38.1 Å². The van der Waals surface area contributed by atoms with Crippen LogP contribution in [0.25, 0.3) is 10.9 Å². The van der Waals surface area contributed by atoms with Crippen LogP contribution < -0.4 is 0 Å². The van der Waals surface area contributed by atoms with Crippen LogP contribution in [0.5, 0.6) is 0 Å². The SMILES string of the molecule is CC1(C)CC(Cc2ccsc2)N=C(c2cnc3c(F)c(F)ccc3c2)S1=O. The Morgan fingerprint density at radius 1 is 1.30 bits per heavy atom. The van der Waals surface area contributed by atoms with Gasteiger partial charge in [0.25, 0.3) is 0 Å². The Labute approximate surface area is 162 Å². The Bertz CT molecular complexity index is 1060. The molecule has 0 radical (unpaired) electrons. The third-order valence-corrected chi connectivity index (χ3v) is 7.34. The number of nitrogens with zero attached hydrogens (tertiary/aromatic N) is 2. The van der Waals surface area contributed by atoms with Crippen molar-refractivity contribution in [1.29, 1.82) is 0 Å². The molecule has 0 bridgehead atoms. The van der Waals surface area contributed by atoms with Gasteiger partial charge in [0.2, 0.25) is 0 Å². The molecule has 2 aromatic heterocycles. The Balaban J connectivity index is 1.77. The molecule has 1 aliphatic rings. The minimum Gasteiger partial charge on any atom is -0.271 e. The van der Waals surface area contributed by atoms with Gasteiger partial charge in [0.05, 0.1) is 16.8 Å². The van der Waals surface area contributed by atoms with E-state index in [1.165, 1.54) is 17.8 Å². The molecule has 0 aliphatic carbocycles. The summed E-state index contributed by atoms with van der Waals surface area (Å²) in [5.74, 6) is -1.90. The maximum Gasteiger partial charge on any atom is 0.184 e. The molecule has 0 saturated carbocycles. The lowest BCUT2D eigenvalue weighted by molar-refractivity contribution is 0.508. The maximum atomic E-state index is 13.9. The Kier molecular flexibility index (Phi) is 4.68. The monoisotopic (exact) mass is 404 g/mol. The van der Waals surface area contributed by atoms with E-state index in [0.717, 1.165) is 18.9 Å². The Hall–Kier alpha value is -1.99. The third kappa shape index (κ3) is 3.46. The first-order valence-electron chi connectivity index (χ1n) is 8.60. The minimum absolute atomic E-state index is 0.0166. The Morgan fingerprint density at radius 2 is 2.11 bits per heavy atom. The average Bonchev–Trinajstić information content (AvgIpc) is 3.13. The number of aliphatic imine (C=N–C) groups is 1. The van der Waals surface area contributed by atoms with Crippen LogP contribution in [0.2, 0.25) is 0 Å². The molecule has 1 aliphatic heterocycles. The summed E-state index contributed by atoms with van der Waals surface area (Å²) in [4.78, 5) is 8.83. The second kappa shape index (κ2) is 6.87. The van der Waals surface area contributed by atoms with E-state index < -0.39 is 27.2 Å². The Morgan fingerprint density at radius 3 is 2.85 bits per heavy atom. The normalized spacial score (nSPS) is 22.0. The van der Waals surface area contributed by atoms with Crippen molar-refractivity contribution < 1.29 is 13.0 Å². The number of pyridine rings is 1. The lowest BCUT2D eigenvalue weighted by Crippen LogP contribution is -2.41. The highest BCUT2D eigenvalue weighted by Gasteiger charge is 2.37. The van der Waals surface area contributed by atoms with Crippen molar-refractivity contribution in [2.75, 3.05) is 0 Å². The van der Waals surface area contributed by atoms with Crippen LogP contribution in [0, 0.1) is 11.6 Å². The quantitative estimate of drug-likeness (QED) is 0.625. The minimum atomic E-state index is -1.32. The highest BCUT2D eigenvalue weighted by atomic mass is 32.2. The fraction of sp³-hybridized carbons (Fsp3) is 0.300. The molecule has 7 heteroatoms. The first-order chi connectivity index (χ1) is 12.8. The van der Waals surface area contributed by atoms with Crippen molar-refractivity contribution in [3.63, 3.8) is 0 Å². The number of thiophene rings is 1. The second-order valence-electron chi connectivity index (χ2n) is 7.31. The molecule has 0 spiro atoms. The van der Waals surface area contributed by atoms with Gasteiger partial charge in [0.1, 0.15) is 10.6 Å². The van der Waals surface area contributed by atoms with Crippen LogP contribution in [0.4, 0.5) is 8.78 Å². The number of fused-ring (bicyclic) bond motifs is 1. The summed E-state index contributed by atoms with van der Waals surface area (Å²) in [7, 11) is -1.32. The van der Waals surface area contributed by atoms with E-state index in [1.807, 2.05) is 19.2 Å². The third-order valence-electron chi connectivity index (χ3n) is 4.75. The van der Waals surface area contributed by atoms with Gasteiger partial charge in [0, 0.05) is 21.9 Å². The number of aromatic nitrogens is 1. The van der Waals surface area contributed by atoms with E-state index in [0.29, 0.717) is 16.0 Å². The zero-order chi connectivity index (χ0) is 19.2.